The van der Waals surface area contributed by atoms with Crippen LogP contribution >= 0.6 is 0 Å². The molecule has 1 aliphatic heterocycles. The monoisotopic (exact) mass is 323 g/mol. The van der Waals surface area contributed by atoms with Gasteiger partial charge in [0, 0.05) is 44.1 Å². The molecule has 1 N–H and O–H groups in total. The van der Waals surface area contributed by atoms with Gasteiger partial charge in [-0.1, -0.05) is 0 Å². The molecule has 0 saturated carbocycles. The predicted octanol–water partition coefficient (Wildman–Crippen LogP) is 2.39. The first-order valence-electron chi connectivity index (χ1n) is 8.40. The largest absolute Gasteiger partial charge is 0.346 e. The van der Waals surface area contributed by atoms with E-state index < -0.39 is 0 Å². The minimum Gasteiger partial charge on any atom is -0.346 e. The van der Waals surface area contributed by atoms with Gasteiger partial charge in [0.25, 0.3) is 5.91 Å². The lowest BCUT2D eigenvalue weighted by Crippen LogP contribution is -2.40. The van der Waals surface area contributed by atoms with Crippen LogP contribution in [0.4, 0.5) is 0 Å². The van der Waals surface area contributed by atoms with Gasteiger partial charge in [-0.15, -0.1) is 0 Å². The minimum atomic E-state index is 0.0412. The highest BCUT2D eigenvalue weighted by Gasteiger charge is 2.25. The molecule has 0 bridgehead atoms. The predicted molar refractivity (Wildman–Crippen MR) is 91.6 cm³/mol. The van der Waals surface area contributed by atoms with Gasteiger partial charge in [-0.25, -0.2) is 4.98 Å². The van der Waals surface area contributed by atoms with Crippen LogP contribution in [-0.4, -0.2) is 43.6 Å². The van der Waals surface area contributed by atoms with Crippen molar-refractivity contribution in [3.8, 4) is 0 Å². The van der Waals surface area contributed by atoms with Crippen LogP contribution < -0.4 is 0 Å². The number of likely N-dealkylation sites (tertiary alicyclic amines) is 1. The number of amides is 1. The molecule has 1 amide bonds. The highest BCUT2D eigenvalue weighted by atomic mass is 16.2. The number of hydrogen-bond donors (Lipinski definition) is 1. The van der Waals surface area contributed by atoms with Crippen LogP contribution in [0.3, 0.4) is 0 Å². The second-order valence-corrected chi connectivity index (χ2v) is 6.60. The molecule has 6 heteroatoms. The third-order valence-corrected chi connectivity index (χ3v) is 4.72. The van der Waals surface area contributed by atoms with Gasteiger partial charge in [0.2, 0.25) is 0 Å². The van der Waals surface area contributed by atoms with Crippen molar-refractivity contribution in [3.05, 3.63) is 48.0 Å². The topological polar surface area (TPSA) is 66.8 Å². The van der Waals surface area contributed by atoms with Crippen LogP contribution in [0.1, 0.15) is 28.9 Å². The summed E-state index contributed by atoms with van der Waals surface area (Å²) in [6.07, 6.45) is 8.82. The quantitative estimate of drug-likeness (QED) is 0.805. The van der Waals surface area contributed by atoms with Crippen molar-refractivity contribution in [2.75, 3.05) is 13.1 Å². The number of rotatable bonds is 3. The number of carbonyl (C=O) groups is 1. The summed E-state index contributed by atoms with van der Waals surface area (Å²) in [4.78, 5) is 22.1. The summed E-state index contributed by atoms with van der Waals surface area (Å²) in [6.45, 7) is 1.61. The number of aryl methyl sites for hydroxylation is 1. The van der Waals surface area contributed by atoms with Crippen LogP contribution in [0.15, 0.2) is 36.8 Å². The van der Waals surface area contributed by atoms with E-state index in [0.717, 1.165) is 43.4 Å². The maximum Gasteiger partial charge on any atom is 0.274 e. The molecule has 0 aromatic carbocycles. The van der Waals surface area contributed by atoms with E-state index in [1.165, 1.54) is 5.56 Å². The molecule has 0 radical (unpaired) electrons. The number of piperidine rings is 1. The SMILES string of the molecule is Cn1ccc(C(=O)N2CCC[C@H](Cc3cnc4[nH]ccc4c3)C2)n1. The minimum absolute atomic E-state index is 0.0412. The Kier molecular flexibility index (Phi) is 3.80. The van der Waals surface area contributed by atoms with E-state index in [2.05, 4.69) is 21.1 Å². The normalized spacial score (nSPS) is 18.2. The summed E-state index contributed by atoms with van der Waals surface area (Å²) >= 11 is 0. The first kappa shape index (κ1) is 14.9. The Morgan fingerprint density at radius 2 is 2.33 bits per heavy atom. The summed E-state index contributed by atoms with van der Waals surface area (Å²) in [5.74, 6) is 0.518. The molecule has 4 heterocycles. The number of aromatic amines is 1. The fourth-order valence-electron chi connectivity index (χ4n) is 3.54. The van der Waals surface area contributed by atoms with Gasteiger partial charge in [-0.3, -0.25) is 9.48 Å². The van der Waals surface area contributed by atoms with Crippen molar-refractivity contribution in [3.63, 3.8) is 0 Å². The Bertz CT molecular complexity index is 865. The molecule has 1 atom stereocenters. The van der Waals surface area contributed by atoms with Crippen LogP contribution in [0.2, 0.25) is 0 Å². The van der Waals surface area contributed by atoms with Crippen molar-refractivity contribution >= 4 is 16.9 Å². The number of carbonyl (C=O) groups excluding carboxylic acids is 1. The second-order valence-electron chi connectivity index (χ2n) is 6.60. The number of hydrogen-bond acceptors (Lipinski definition) is 3. The smallest absolute Gasteiger partial charge is 0.274 e. The molecular weight excluding hydrogens is 302 g/mol. The maximum atomic E-state index is 12.6. The lowest BCUT2D eigenvalue weighted by molar-refractivity contribution is 0.0666. The third-order valence-electron chi connectivity index (χ3n) is 4.72. The number of fused-ring (bicyclic) bond motifs is 1. The van der Waals surface area contributed by atoms with E-state index in [1.807, 2.05) is 36.6 Å². The summed E-state index contributed by atoms with van der Waals surface area (Å²) in [6, 6.07) is 6.03. The zero-order chi connectivity index (χ0) is 16.5. The molecule has 1 saturated heterocycles. The number of nitrogens with one attached hydrogen (secondary N) is 1. The van der Waals surface area contributed by atoms with Crippen LogP contribution in [-0.2, 0) is 13.5 Å². The van der Waals surface area contributed by atoms with Crippen molar-refractivity contribution in [2.24, 2.45) is 13.0 Å². The van der Waals surface area contributed by atoms with Crippen molar-refractivity contribution in [1.29, 1.82) is 0 Å². The van der Waals surface area contributed by atoms with Crippen LogP contribution in [0.25, 0.3) is 11.0 Å². The lowest BCUT2D eigenvalue weighted by Gasteiger charge is -2.32. The molecule has 6 nitrogen and oxygen atoms in total. The molecule has 1 aliphatic rings. The first-order chi connectivity index (χ1) is 11.7. The summed E-state index contributed by atoms with van der Waals surface area (Å²) in [5, 5.41) is 5.38. The highest BCUT2D eigenvalue weighted by molar-refractivity contribution is 5.92. The van der Waals surface area contributed by atoms with E-state index in [9.17, 15) is 4.79 Å². The Labute approximate surface area is 140 Å². The number of H-pyrrole nitrogens is 1. The third kappa shape index (κ3) is 2.91. The highest BCUT2D eigenvalue weighted by Crippen LogP contribution is 2.23. The second kappa shape index (κ2) is 6.11. The van der Waals surface area contributed by atoms with Crippen molar-refractivity contribution in [1.82, 2.24) is 24.6 Å². The number of pyridine rings is 1. The first-order valence-corrected chi connectivity index (χ1v) is 8.40. The van der Waals surface area contributed by atoms with Gasteiger partial charge in [0.05, 0.1) is 0 Å². The summed E-state index contributed by atoms with van der Waals surface area (Å²) in [7, 11) is 1.83. The zero-order valence-corrected chi connectivity index (χ0v) is 13.8. The molecule has 124 valence electrons. The van der Waals surface area contributed by atoms with Crippen molar-refractivity contribution in [2.45, 2.75) is 19.3 Å². The van der Waals surface area contributed by atoms with Gasteiger partial charge in [-0.05, 0) is 48.9 Å². The molecule has 24 heavy (non-hydrogen) atoms. The van der Waals surface area contributed by atoms with E-state index in [-0.39, 0.29) is 5.91 Å². The lowest BCUT2D eigenvalue weighted by atomic mass is 9.91. The van der Waals surface area contributed by atoms with Gasteiger partial charge in [0.1, 0.15) is 11.3 Å². The molecule has 0 unspecified atom stereocenters. The Morgan fingerprint density at radius 3 is 3.17 bits per heavy atom. The molecule has 0 aliphatic carbocycles. The average Bonchev–Trinajstić information content (AvgIpc) is 3.23. The van der Waals surface area contributed by atoms with Crippen LogP contribution in [0, 0.1) is 5.92 Å². The average molecular weight is 323 g/mol. The summed E-state index contributed by atoms with van der Waals surface area (Å²) in [5.41, 5.74) is 2.70. The molecule has 0 spiro atoms. The van der Waals surface area contributed by atoms with E-state index in [4.69, 9.17) is 0 Å². The zero-order valence-electron chi connectivity index (χ0n) is 13.8. The molecule has 1 fully saturated rings. The van der Waals surface area contributed by atoms with Gasteiger partial charge in [0.15, 0.2) is 0 Å². The van der Waals surface area contributed by atoms with Gasteiger partial charge < -0.3 is 9.88 Å². The van der Waals surface area contributed by atoms with E-state index >= 15 is 0 Å². The van der Waals surface area contributed by atoms with E-state index in [0.29, 0.717) is 11.6 Å². The standard InChI is InChI=1S/C18H21N5O/c1-22-8-5-16(21-22)18(24)23-7-2-3-13(12-23)9-14-10-15-4-6-19-17(15)20-11-14/h4-6,8,10-11,13H,2-3,7,9,12H2,1H3,(H,19,20)/t13-/m1/s1. The Hall–Kier alpha value is -2.63. The fourth-order valence-corrected chi connectivity index (χ4v) is 3.54. The molecular formula is C18H21N5O. The van der Waals surface area contributed by atoms with Gasteiger partial charge >= 0.3 is 0 Å². The van der Waals surface area contributed by atoms with Gasteiger partial charge in [-0.2, -0.15) is 5.10 Å². The Morgan fingerprint density at radius 1 is 1.42 bits per heavy atom. The Balaban J connectivity index is 1.45. The van der Waals surface area contributed by atoms with Crippen LogP contribution in [0.5, 0.6) is 0 Å². The number of aromatic nitrogens is 4. The van der Waals surface area contributed by atoms with E-state index in [1.54, 1.807) is 10.7 Å². The fraction of sp³-hybridized carbons (Fsp3) is 0.389. The molecule has 4 rings (SSSR count). The molecule has 3 aromatic heterocycles. The summed E-state index contributed by atoms with van der Waals surface area (Å²) < 4.78 is 1.67. The maximum absolute atomic E-state index is 12.6. The van der Waals surface area contributed by atoms with Crippen molar-refractivity contribution < 1.29 is 4.79 Å². The number of nitrogens with zero attached hydrogens (tertiary/aromatic N) is 4. The molecule has 3 aromatic rings.